The summed E-state index contributed by atoms with van der Waals surface area (Å²) in [6.07, 6.45) is -0.814. The lowest BCUT2D eigenvalue weighted by atomic mass is 9.99. The topological polar surface area (TPSA) is 26.3 Å². The van der Waals surface area contributed by atoms with E-state index in [0.29, 0.717) is 0 Å². The zero-order valence-corrected chi connectivity index (χ0v) is 11.7. The van der Waals surface area contributed by atoms with Gasteiger partial charge in [0.2, 0.25) is 0 Å². The molecule has 2 nitrogen and oxygen atoms in total. The van der Waals surface area contributed by atoms with Crippen LogP contribution in [0, 0.1) is 5.82 Å². The number of Topliss-reactive ketones (excluding diaryl/α,β-unsaturated/α-hetero) is 1. The van der Waals surface area contributed by atoms with Crippen molar-refractivity contribution in [3.8, 4) is 0 Å². The molecule has 0 aliphatic carbocycles. The highest BCUT2D eigenvalue weighted by molar-refractivity contribution is 6.31. The first-order valence-corrected chi connectivity index (χ1v) is 6.54. The molecule has 0 aliphatic rings. The van der Waals surface area contributed by atoms with Gasteiger partial charge in [-0.15, -0.1) is 0 Å². The van der Waals surface area contributed by atoms with Gasteiger partial charge in [0, 0.05) is 24.1 Å². The lowest BCUT2D eigenvalue weighted by molar-refractivity contribution is -0.128. The second-order valence-corrected chi connectivity index (χ2v) is 4.78. The molecule has 0 N–H and O–H groups in total. The molecule has 0 bridgehead atoms. The van der Waals surface area contributed by atoms with Crippen molar-refractivity contribution in [2.45, 2.75) is 12.5 Å². The first-order valence-electron chi connectivity index (χ1n) is 6.17. The molecule has 0 radical (unpaired) electrons. The Morgan fingerprint density at radius 1 is 1.20 bits per heavy atom. The van der Waals surface area contributed by atoms with Crippen LogP contribution in [-0.2, 0) is 16.0 Å². The minimum Gasteiger partial charge on any atom is -0.369 e. The molecule has 0 saturated heterocycles. The van der Waals surface area contributed by atoms with Crippen molar-refractivity contribution in [2.24, 2.45) is 0 Å². The second-order valence-electron chi connectivity index (χ2n) is 4.37. The van der Waals surface area contributed by atoms with Crippen molar-refractivity contribution in [3.05, 3.63) is 70.5 Å². The number of rotatable bonds is 5. The van der Waals surface area contributed by atoms with Gasteiger partial charge in [0.05, 0.1) is 0 Å². The molecule has 20 heavy (non-hydrogen) atoms. The van der Waals surface area contributed by atoms with E-state index < -0.39 is 11.9 Å². The van der Waals surface area contributed by atoms with E-state index in [9.17, 15) is 9.18 Å². The summed E-state index contributed by atoms with van der Waals surface area (Å²) in [5, 5.41) is 0.251. The summed E-state index contributed by atoms with van der Waals surface area (Å²) < 4.78 is 18.9. The third kappa shape index (κ3) is 3.24. The Bertz CT molecular complexity index is 578. The number of ether oxygens (including phenoxy) is 1. The maximum atomic E-state index is 13.7. The summed E-state index contributed by atoms with van der Waals surface area (Å²) >= 11 is 5.93. The van der Waals surface area contributed by atoms with Gasteiger partial charge < -0.3 is 4.74 Å². The molecule has 0 heterocycles. The summed E-state index contributed by atoms with van der Waals surface area (Å²) in [5.74, 6) is -0.709. The van der Waals surface area contributed by atoms with Crippen LogP contribution < -0.4 is 0 Å². The number of ketones is 1. The van der Waals surface area contributed by atoms with Gasteiger partial charge in [-0.2, -0.15) is 0 Å². The van der Waals surface area contributed by atoms with E-state index >= 15 is 0 Å². The minimum absolute atomic E-state index is 0.0983. The van der Waals surface area contributed by atoms with Crippen molar-refractivity contribution >= 4 is 17.4 Å². The van der Waals surface area contributed by atoms with E-state index in [-0.39, 0.29) is 22.8 Å². The van der Waals surface area contributed by atoms with Crippen LogP contribution in [-0.4, -0.2) is 12.9 Å². The molecule has 1 unspecified atom stereocenters. The fraction of sp³-hybridized carbons (Fsp3) is 0.188. The maximum absolute atomic E-state index is 13.7. The lowest BCUT2D eigenvalue weighted by Gasteiger charge is -2.15. The van der Waals surface area contributed by atoms with Crippen LogP contribution >= 0.6 is 11.6 Å². The van der Waals surface area contributed by atoms with Crippen LogP contribution in [0.3, 0.4) is 0 Å². The smallest absolute Gasteiger partial charge is 0.170 e. The highest BCUT2D eigenvalue weighted by Gasteiger charge is 2.22. The number of benzene rings is 2. The SMILES string of the molecule is COC(C(=O)Cc1c(F)cccc1Cl)c1ccccc1. The average Bonchev–Trinajstić information content (AvgIpc) is 2.45. The summed E-state index contributed by atoms with van der Waals surface area (Å²) in [6.45, 7) is 0. The summed E-state index contributed by atoms with van der Waals surface area (Å²) in [7, 11) is 1.46. The Kier molecular flexibility index (Phi) is 4.88. The highest BCUT2D eigenvalue weighted by atomic mass is 35.5. The first-order chi connectivity index (χ1) is 9.63. The number of hydrogen-bond donors (Lipinski definition) is 0. The second kappa shape index (κ2) is 6.64. The maximum Gasteiger partial charge on any atom is 0.170 e. The number of methoxy groups -OCH3 is 1. The van der Waals surface area contributed by atoms with Crippen LogP contribution in [0.2, 0.25) is 5.02 Å². The molecule has 0 aromatic heterocycles. The lowest BCUT2D eigenvalue weighted by Crippen LogP contribution is -2.17. The zero-order valence-electron chi connectivity index (χ0n) is 11.0. The predicted octanol–water partition coefficient (Wildman–Crippen LogP) is 3.98. The Hall–Kier alpha value is -1.71. The highest BCUT2D eigenvalue weighted by Crippen LogP contribution is 2.24. The van der Waals surface area contributed by atoms with Gasteiger partial charge in [0.1, 0.15) is 11.9 Å². The normalized spacial score (nSPS) is 12.2. The minimum atomic E-state index is -0.716. The molecule has 2 rings (SSSR count). The summed E-state index contributed by atoms with van der Waals surface area (Å²) in [6, 6.07) is 13.5. The number of hydrogen-bond acceptors (Lipinski definition) is 2. The molecular weight excluding hydrogens is 279 g/mol. The van der Waals surface area contributed by atoms with E-state index in [1.165, 1.54) is 19.2 Å². The van der Waals surface area contributed by atoms with Crippen molar-refractivity contribution in [3.63, 3.8) is 0 Å². The van der Waals surface area contributed by atoms with Gasteiger partial charge in [-0.25, -0.2) is 4.39 Å². The van der Waals surface area contributed by atoms with Crippen LogP contribution in [0.5, 0.6) is 0 Å². The van der Waals surface area contributed by atoms with Crippen LogP contribution in [0.15, 0.2) is 48.5 Å². The van der Waals surface area contributed by atoms with E-state index in [0.717, 1.165) is 5.56 Å². The molecule has 0 spiro atoms. The van der Waals surface area contributed by atoms with E-state index in [4.69, 9.17) is 16.3 Å². The van der Waals surface area contributed by atoms with E-state index in [1.807, 2.05) is 18.2 Å². The average molecular weight is 293 g/mol. The Morgan fingerprint density at radius 3 is 2.50 bits per heavy atom. The van der Waals surface area contributed by atoms with Crippen molar-refractivity contribution in [1.29, 1.82) is 0 Å². The number of halogens is 2. The third-order valence-electron chi connectivity index (χ3n) is 3.04. The zero-order chi connectivity index (χ0) is 14.5. The summed E-state index contributed by atoms with van der Waals surface area (Å²) in [4.78, 5) is 12.3. The molecule has 2 aromatic rings. The molecule has 0 fully saturated rings. The first kappa shape index (κ1) is 14.7. The van der Waals surface area contributed by atoms with Gasteiger partial charge in [-0.3, -0.25) is 4.79 Å². The Morgan fingerprint density at radius 2 is 1.90 bits per heavy atom. The van der Waals surface area contributed by atoms with Gasteiger partial charge >= 0.3 is 0 Å². The Balaban J connectivity index is 2.23. The molecule has 2 aromatic carbocycles. The van der Waals surface area contributed by atoms with Crippen molar-refractivity contribution in [2.75, 3.05) is 7.11 Å². The quantitative estimate of drug-likeness (QED) is 0.833. The van der Waals surface area contributed by atoms with Crippen molar-refractivity contribution in [1.82, 2.24) is 0 Å². The van der Waals surface area contributed by atoms with Gasteiger partial charge in [-0.1, -0.05) is 48.0 Å². The Labute approximate surface area is 122 Å². The fourth-order valence-corrected chi connectivity index (χ4v) is 2.28. The van der Waals surface area contributed by atoms with Crippen LogP contribution in [0.4, 0.5) is 4.39 Å². The van der Waals surface area contributed by atoms with Gasteiger partial charge in [0.25, 0.3) is 0 Å². The molecule has 1 atom stereocenters. The van der Waals surface area contributed by atoms with E-state index in [1.54, 1.807) is 18.2 Å². The third-order valence-corrected chi connectivity index (χ3v) is 3.40. The van der Waals surface area contributed by atoms with Crippen LogP contribution in [0.1, 0.15) is 17.2 Å². The molecule has 0 saturated carbocycles. The molecule has 4 heteroatoms. The number of carbonyl (C=O) groups excluding carboxylic acids is 1. The van der Waals surface area contributed by atoms with Crippen molar-refractivity contribution < 1.29 is 13.9 Å². The largest absolute Gasteiger partial charge is 0.369 e. The number of carbonyl (C=O) groups is 1. The molecule has 0 amide bonds. The van der Waals surface area contributed by atoms with E-state index in [2.05, 4.69) is 0 Å². The molecular formula is C16H14ClFO2. The fourth-order valence-electron chi connectivity index (χ4n) is 2.05. The molecule has 0 aliphatic heterocycles. The van der Waals surface area contributed by atoms with Gasteiger partial charge in [0.15, 0.2) is 5.78 Å². The van der Waals surface area contributed by atoms with Crippen LogP contribution in [0.25, 0.3) is 0 Å². The van der Waals surface area contributed by atoms with Gasteiger partial charge in [-0.05, 0) is 17.7 Å². The monoisotopic (exact) mass is 292 g/mol. The predicted molar refractivity (Wildman–Crippen MR) is 76.3 cm³/mol. The molecule has 104 valence electrons. The summed E-state index contributed by atoms with van der Waals surface area (Å²) in [5.41, 5.74) is 0.949. The standard InChI is InChI=1S/C16H14ClFO2/c1-20-16(11-6-3-2-4-7-11)15(19)10-12-13(17)8-5-9-14(12)18/h2-9,16H,10H2,1H3.